The van der Waals surface area contributed by atoms with E-state index in [2.05, 4.69) is 181 Å². The zero-order valence-corrected chi connectivity index (χ0v) is 25.1. The van der Waals surface area contributed by atoms with Crippen LogP contribution >= 0.6 is 0 Å². The molecular weight excluding hydrogens is 558 g/mol. The molecule has 0 spiro atoms. The van der Waals surface area contributed by atoms with Crippen molar-refractivity contribution in [2.45, 2.75) is 0 Å². The van der Waals surface area contributed by atoms with E-state index in [1.165, 1.54) is 27.3 Å². The lowest BCUT2D eigenvalue weighted by atomic mass is 9.95. The monoisotopic (exact) mass is 587 g/mol. The molecule has 216 valence electrons. The minimum atomic E-state index is 0.868. The largest absolute Gasteiger partial charge is 0.453 e. The van der Waals surface area contributed by atoms with E-state index in [0.29, 0.717) is 0 Å². The van der Waals surface area contributed by atoms with E-state index in [1.54, 1.807) is 0 Å². The van der Waals surface area contributed by atoms with Gasteiger partial charge in [-0.25, -0.2) is 0 Å². The maximum Gasteiger partial charge on any atom is 0.159 e. The molecule has 0 fully saturated rings. The number of hydrogen-bond donors (Lipinski definition) is 0. The average Bonchev–Trinajstić information content (AvgIpc) is 3.54. The quantitative estimate of drug-likeness (QED) is 0.186. The fourth-order valence-corrected chi connectivity index (χ4v) is 6.89. The Bertz CT molecular complexity index is 2500. The zero-order valence-electron chi connectivity index (χ0n) is 25.1. The highest BCUT2D eigenvalue weighted by Gasteiger charge is 2.23. The smallest absolute Gasteiger partial charge is 0.159 e. The van der Waals surface area contributed by atoms with Crippen LogP contribution in [0.5, 0.6) is 0 Å². The van der Waals surface area contributed by atoms with Gasteiger partial charge in [0, 0.05) is 27.5 Å². The maximum absolute atomic E-state index is 7.07. The molecule has 0 saturated carbocycles. The Morgan fingerprint density at radius 2 is 0.804 bits per heavy atom. The third-order valence-electron chi connectivity index (χ3n) is 9.02. The Balaban J connectivity index is 1.39. The van der Waals surface area contributed by atoms with Gasteiger partial charge in [-0.3, -0.25) is 0 Å². The number of anilines is 3. The lowest BCUT2D eigenvalue weighted by molar-refractivity contribution is 0.673. The van der Waals surface area contributed by atoms with Crippen molar-refractivity contribution in [3.63, 3.8) is 0 Å². The number of fused-ring (bicyclic) bond motifs is 8. The fourth-order valence-electron chi connectivity index (χ4n) is 6.89. The van der Waals surface area contributed by atoms with Crippen LogP contribution in [0.2, 0.25) is 0 Å². The average molecular weight is 588 g/mol. The molecule has 9 rings (SSSR count). The highest BCUT2D eigenvalue weighted by molar-refractivity contribution is 6.31. The van der Waals surface area contributed by atoms with E-state index >= 15 is 0 Å². The third kappa shape index (κ3) is 4.27. The first kappa shape index (κ1) is 26.3. The summed E-state index contributed by atoms with van der Waals surface area (Å²) in [5.74, 6) is 0. The summed E-state index contributed by atoms with van der Waals surface area (Å²) in [6, 6.07) is 62.5. The summed E-state index contributed by atoms with van der Waals surface area (Å²) in [5.41, 5.74) is 9.61. The van der Waals surface area contributed by atoms with E-state index in [-0.39, 0.29) is 0 Å². The van der Waals surface area contributed by atoms with Crippen molar-refractivity contribution in [1.82, 2.24) is 0 Å². The Morgan fingerprint density at radius 1 is 0.326 bits per heavy atom. The summed E-state index contributed by atoms with van der Waals surface area (Å²) >= 11 is 0. The van der Waals surface area contributed by atoms with Crippen LogP contribution < -0.4 is 4.90 Å². The molecule has 0 bridgehead atoms. The van der Waals surface area contributed by atoms with E-state index in [1.807, 2.05) is 0 Å². The van der Waals surface area contributed by atoms with Crippen LogP contribution in [0.1, 0.15) is 0 Å². The summed E-state index contributed by atoms with van der Waals surface area (Å²) in [4.78, 5) is 2.33. The predicted octanol–water partition coefficient (Wildman–Crippen LogP) is 12.7. The highest BCUT2D eigenvalue weighted by Crippen LogP contribution is 2.48. The molecule has 1 heterocycles. The molecule has 0 amide bonds. The lowest BCUT2D eigenvalue weighted by Crippen LogP contribution is -2.10. The molecule has 2 nitrogen and oxygen atoms in total. The molecule has 0 aliphatic rings. The Morgan fingerprint density at radius 3 is 1.46 bits per heavy atom. The van der Waals surface area contributed by atoms with Crippen LogP contribution in [0, 0.1) is 0 Å². The van der Waals surface area contributed by atoms with Crippen molar-refractivity contribution >= 4 is 60.5 Å². The van der Waals surface area contributed by atoms with Gasteiger partial charge in [-0.2, -0.15) is 0 Å². The van der Waals surface area contributed by atoms with Gasteiger partial charge in [-0.1, -0.05) is 140 Å². The molecule has 1 aromatic heterocycles. The van der Waals surface area contributed by atoms with Crippen LogP contribution in [0.4, 0.5) is 17.1 Å². The summed E-state index contributed by atoms with van der Waals surface area (Å²) in [6.45, 7) is 0. The Labute approximate surface area is 267 Å². The summed E-state index contributed by atoms with van der Waals surface area (Å²) in [7, 11) is 0. The van der Waals surface area contributed by atoms with Gasteiger partial charge >= 0.3 is 0 Å². The van der Waals surface area contributed by atoms with Crippen LogP contribution in [0.3, 0.4) is 0 Å². The Kier molecular flexibility index (Phi) is 6.17. The third-order valence-corrected chi connectivity index (χ3v) is 9.02. The summed E-state index contributed by atoms with van der Waals surface area (Å²) < 4.78 is 7.07. The first-order valence-electron chi connectivity index (χ1n) is 15.7. The number of benzene rings is 8. The molecule has 0 radical (unpaired) electrons. The zero-order chi connectivity index (χ0) is 30.5. The van der Waals surface area contributed by atoms with Crippen LogP contribution in [0.25, 0.3) is 65.7 Å². The van der Waals surface area contributed by atoms with Gasteiger partial charge in [-0.15, -0.1) is 0 Å². The predicted molar refractivity (Wildman–Crippen MR) is 194 cm³/mol. The van der Waals surface area contributed by atoms with Gasteiger partial charge in [0.05, 0.1) is 5.69 Å². The van der Waals surface area contributed by atoms with Crippen LogP contribution in [0.15, 0.2) is 180 Å². The molecule has 8 aromatic carbocycles. The standard InChI is InChI=1S/C44H29NO/c1-4-14-30(15-5-1)32-24-26-35(27-25-32)45(34-18-8-3-9-19-34)41-29-33(31-16-6-2-7-17-31)28-40-42-38-22-12-10-20-36(38)37-21-11-13-23-39(37)44(42)46-43(40)41/h1-29H. The SMILES string of the molecule is c1ccc(-c2ccc(N(c3ccccc3)c3cc(-c4ccccc4)cc4c3oc3c5ccccc5c5ccccc5c43)cc2)cc1. The number of furan rings is 1. The molecule has 0 atom stereocenters. The molecule has 46 heavy (non-hydrogen) atoms. The van der Waals surface area contributed by atoms with Crippen molar-refractivity contribution in [1.29, 1.82) is 0 Å². The number of hydrogen-bond acceptors (Lipinski definition) is 2. The van der Waals surface area contributed by atoms with Crippen molar-refractivity contribution in [2.75, 3.05) is 4.90 Å². The molecule has 0 N–H and O–H groups in total. The fraction of sp³-hybridized carbons (Fsp3) is 0. The van der Waals surface area contributed by atoms with E-state index in [9.17, 15) is 0 Å². The van der Waals surface area contributed by atoms with Gasteiger partial charge in [0.2, 0.25) is 0 Å². The molecule has 0 aliphatic heterocycles. The number of rotatable bonds is 5. The normalized spacial score (nSPS) is 11.5. The molecule has 0 aliphatic carbocycles. The topological polar surface area (TPSA) is 16.4 Å². The summed E-state index contributed by atoms with van der Waals surface area (Å²) in [6.07, 6.45) is 0. The lowest BCUT2D eigenvalue weighted by Gasteiger charge is -2.26. The van der Waals surface area contributed by atoms with Crippen molar-refractivity contribution < 1.29 is 4.42 Å². The first-order valence-corrected chi connectivity index (χ1v) is 15.7. The van der Waals surface area contributed by atoms with E-state index < -0.39 is 0 Å². The minimum Gasteiger partial charge on any atom is -0.453 e. The molecule has 0 unspecified atom stereocenters. The highest BCUT2D eigenvalue weighted by atomic mass is 16.3. The molecule has 0 saturated heterocycles. The second-order valence-electron chi connectivity index (χ2n) is 11.7. The number of para-hydroxylation sites is 1. The van der Waals surface area contributed by atoms with Crippen LogP contribution in [-0.4, -0.2) is 0 Å². The van der Waals surface area contributed by atoms with Crippen molar-refractivity contribution in [2.24, 2.45) is 0 Å². The molecular formula is C44H29NO. The number of nitrogens with zero attached hydrogens (tertiary/aromatic N) is 1. The van der Waals surface area contributed by atoms with Crippen LogP contribution in [-0.2, 0) is 0 Å². The second-order valence-corrected chi connectivity index (χ2v) is 11.7. The maximum atomic E-state index is 7.07. The van der Waals surface area contributed by atoms with Gasteiger partial charge in [0.15, 0.2) is 5.58 Å². The minimum absolute atomic E-state index is 0.868. The van der Waals surface area contributed by atoms with E-state index in [4.69, 9.17) is 4.42 Å². The molecule has 9 aromatic rings. The van der Waals surface area contributed by atoms with Gasteiger partial charge in [0.25, 0.3) is 0 Å². The van der Waals surface area contributed by atoms with Crippen molar-refractivity contribution in [3.05, 3.63) is 176 Å². The van der Waals surface area contributed by atoms with E-state index in [0.717, 1.165) is 55.5 Å². The second kappa shape index (κ2) is 10.8. The Hall–Kier alpha value is -6.12. The first-order chi connectivity index (χ1) is 22.8. The van der Waals surface area contributed by atoms with Crippen molar-refractivity contribution in [3.8, 4) is 22.3 Å². The summed E-state index contributed by atoms with van der Waals surface area (Å²) in [5, 5.41) is 7.01. The van der Waals surface area contributed by atoms with Gasteiger partial charge in [0.1, 0.15) is 5.58 Å². The molecule has 2 heteroatoms. The van der Waals surface area contributed by atoms with Gasteiger partial charge < -0.3 is 9.32 Å². The van der Waals surface area contributed by atoms with Gasteiger partial charge in [-0.05, 0) is 74.8 Å².